The Morgan fingerprint density at radius 1 is 0.759 bits per heavy atom. The second kappa shape index (κ2) is 7.35. The Morgan fingerprint density at radius 3 is 2.34 bits per heavy atom. The number of aromatic hydroxyl groups is 2. The monoisotopic (exact) mass is 388 g/mol. The molecule has 0 aliphatic carbocycles. The van der Waals surface area contributed by atoms with Gasteiger partial charge in [0.05, 0.1) is 11.4 Å². The summed E-state index contributed by atoms with van der Waals surface area (Å²) in [5.41, 5.74) is 6.41. The summed E-state index contributed by atoms with van der Waals surface area (Å²) in [5.74, 6) is 0.106. The van der Waals surface area contributed by atoms with Crippen LogP contribution in [0.25, 0.3) is 11.3 Å². The predicted octanol–water partition coefficient (Wildman–Crippen LogP) is 2.94. The fraction of sp³-hybridized carbons (Fsp3) is 0. The zero-order valence-electron chi connectivity index (χ0n) is 15.0. The molecule has 0 unspecified atom stereocenters. The Balaban J connectivity index is 1.57. The SMILES string of the molecule is O=c1c(NNc2cccc(O)c2)c(Nc2ccc(O)c(-c3ccccn3)c2)c1=O. The standard InChI is InChI=1S/C21H16N4O4/c26-14-5-3-4-13(10-14)24-25-19-18(20(28)21(19)29)23-12-7-8-17(27)15(11-12)16-6-1-2-9-22-16/h1-11,23-27H. The van der Waals surface area contributed by atoms with Crippen LogP contribution in [0, 0.1) is 0 Å². The Bertz CT molecular complexity index is 1250. The van der Waals surface area contributed by atoms with E-state index in [1.807, 2.05) is 0 Å². The molecule has 4 rings (SSSR count). The van der Waals surface area contributed by atoms with Gasteiger partial charge in [-0.25, -0.2) is 0 Å². The first-order valence-corrected chi connectivity index (χ1v) is 8.69. The van der Waals surface area contributed by atoms with Gasteiger partial charge in [0.25, 0.3) is 10.9 Å². The Labute approximate surface area is 164 Å². The predicted molar refractivity (Wildman–Crippen MR) is 111 cm³/mol. The molecule has 0 spiro atoms. The summed E-state index contributed by atoms with van der Waals surface area (Å²) < 4.78 is 0. The van der Waals surface area contributed by atoms with Crippen molar-refractivity contribution in [3.05, 3.63) is 87.3 Å². The fourth-order valence-electron chi connectivity index (χ4n) is 2.83. The average Bonchev–Trinajstić information content (AvgIpc) is 2.74. The number of benzene rings is 2. The van der Waals surface area contributed by atoms with Gasteiger partial charge in [0, 0.05) is 23.5 Å². The molecule has 0 amide bonds. The molecule has 0 saturated carbocycles. The highest BCUT2D eigenvalue weighted by Crippen LogP contribution is 2.32. The zero-order valence-corrected chi connectivity index (χ0v) is 15.0. The van der Waals surface area contributed by atoms with Gasteiger partial charge < -0.3 is 21.0 Å². The number of hydrogen-bond donors (Lipinski definition) is 5. The molecule has 1 aromatic heterocycles. The van der Waals surface area contributed by atoms with Gasteiger partial charge in [-0.1, -0.05) is 12.1 Å². The smallest absolute Gasteiger partial charge is 0.255 e. The van der Waals surface area contributed by atoms with Gasteiger partial charge in [-0.3, -0.25) is 20.0 Å². The van der Waals surface area contributed by atoms with Crippen LogP contribution in [0.3, 0.4) is 0 Å². The number of hydrogen-bond acceptors (Lipinski definition) is 8. The van der Waals surface area contributed by atoms with E-state index in [0.29, 0.717) is 22.6 Å². The lowest BCUT2D eigenvalue weighted by atomic mass is 10.1. The summed E-state index contributed by atoms with van der Waals surface area (Å²) in [6.07, 6.45) is 1.61. The molecule has 0 aliphatic rings. The van der Waals surface area contributed by atoms with Crippen LogP contribution in [0.4, 0.5) is 22.7 Å². The highest BCUT2D eigenvalue weighted by molar-refractivity contribution is 5.81. The maximum absolute atomic E-state index is 12.0. The summed E-state index contributed by atoms with van der Waals surface area (Å²) >= 11 is 0. The highest BCUT2D eigenvalue weighted by atomic mass is 16.3. The number of phenolic OH excluding ortho intramolecular Hbond substituents is 2. The maximum atomic E-state index is 12.0. The number of aromatic nitrogens is 1. The first-order chi connectivity index (χ1) is 14.0. The zero-order chi connectivity index (χ0) is 20.4. The Kier molecular flexibility index (Phi) is 4.58. The van der Waals surface area contributed by atoms with Crippen molar-refractivity contribution in [2.75, 3.05) is 16.2 Å². The molecule has 8 nitrogen and oxygen atoms in total. The lowest BCUT2D eigenvalue weighted by molar-refractivity contribution is 0.475. The molecule has 4 aromatic rings. The normalized spacial score (nSPS) is 10.6. The maximum Gasteiger partial charge on any atom is 0.255 e. The van der Waals surface area contributed by atoms with Crippen molar-refractivity contribution in [2.24, 2.45) is 0 Å². The molecule has 3 aromatic carbocycles. The topological polar surface area (TPSA) is 124 Å². The first kappa shape index (κ1) is 18.1. The minimum Gasteiger partial charge on any atom is -0.508 e. The third-order valence-corrected chi connectivity index (χ3v) is 4.30. The fourth-order valence-corrected chi connectivity index (χ4v) is 2.83. The summed E-state index contributed by atoms with van der Waals surface area (Å²) in [5, 5.41) is 22.5. The molecule has 29 heavy (non-hydrogen) atoms. The van der Waals surface area contributed by atoms with Gasteiger partial charge in [0.2, 0.25) is 0 Å². The van der Waals surface area contributed by atoms with Crippen LogP contribution in [0.1, 0.15) is 0 Å². The molecule has 5 N–H and O–H groups in total. The molecule has 8 heteroatoms. The summed E-state index contributed by atoms with van der Waals surface area (Å²) in [6, 6.07) is 16.3. The molecule has 144 valence electrons. The lowest BCUT2D eigenvalue weighted by Gasteiger charge is -2.17. The van der Waals surface area contributed by atoms with Crippen LogP contribution < -0.4 is 27.0 Å². The molecule has 0 bridgehead atoms. The van der Waals surface area contributed by atoms with Crippen molar-refractivity contribution in [2.45, 2.75) is 0 Å². The van der Waals surface area contributed by atoms with Gasteiger partial charge >= 0.3 is 0 Å². The largest absolute Gasteiger partial charge is 0.508 e. The van der Waals surface area contributed by atoms with E-state index < -0.39 is 10.9 Å². The number of pyridine rings is 1. The minimum absolute atomic E-state index is 0.0446. The minimum atomic E-state index is -0.663. The van der Waals surface area contributed by atoms with Crippen LogP contribution in [0.2, 0.25) is 0 Å². The summed E-state index contributed by atoms with van der Waals surface area (Å²) in [7, 11) is 0. The van der Waals surface area contributed by atoms with E-state index in [1.54, 1.807) is 48.7 Å². The molecule has 0 atom stereocenters. The van der Waals surface area contributed by atoms with Crippen LogP contribution in [-0.2, 0) is 0 Å². The van der Waals surface area contributed by atoms with E-state index in [4.69, 9.17) is 0 Å². The van der Waals surface area contributed by atoms with E-state index >= 15 is 0 Å². The van der Waals surface area contributed by atoms with Crippen LogP contribution in [0.15, 0.2) is 76.4 Å². The van der Waals surface area contributed by atoms with Crippen LogP contribution >= 0.6 is 0 Å². The molecule has 0 fully saturated rings. The van der Waals surface area contributed by atoms with Crippen molar-refractivity contribution in [1.29, 1.82) is 0 Å². The summed E-state index contributed by atoms with van der Waals surface area (Å²) in [4.78, 5) is 28.2. The number of rotatable bonds is 6. The number of nitrogens with one attached hydrogen (secondary N) is 3. The molecular weight excluding hydrogens is 372 g/mol. The average molecular weight is 388 g/mol. The van der Waals surface area contributed by atoms with E-state index in [-0.39, 0.29) is 22.9 Å². The quantitative estimate of drug-likeness (QED) is 0.194. The first-order valence-electron chi connectivity index (χ1n) is 8.69. The number of nitrogens with zero attached hydrogens (tertiary/aromatic N) is 1. The van der Waals surface area contributed by atoms with Crippen molar-refractivity contribution >= 4 is 22.7 Å². The van der Waals surface area contributed by atoms with E-state index in [0.717, 1.165) is 0 Å². The number of phenols is 2. The second-order valence-corrected chi connectivity index (χ2v) is 6.28. The van der Waals surface area contributed by atoms with Gasteiger partial charge in [0.1, 0.15) is 22.9 Å². The van der Waals surface area contributed by atoms with E-state index in [2.05, 4.69) is 21.2 Å². The van der Waals surface area contributed by atoms with Gasteiger partial charge in [-0.05, 0) is 42.5 Å². The Morgan fingerprint density at radius 2 is 1.59 bits per heavy atom. The van der Waals surface area contributed by atoms with Crippen molar-refractivity contribution in [3.63, 3.8) is 0 Å². The number of anilines is 4. The van der Waals surface area contributed by atoms with Crippen LogP contribution in [-0.4, -0.2) is 15.2 Å². The molecule has 1 heterocycles. The third-order valence-electron chi connectivity index (χ3n) is 4.30. The van der Waals surface area contributed by atoms with Crippen LogP contribution in [0.5, 0.6) is 11.5 Å². The van der Waals surface area contributed by atoms with Crippen molar-refractivity contribution in [3.8, 4) is 22.8 Å². The molecule has 0 radical (unpaired) electrons. The Hall–Kier alpha value is -4.33. The second-order valence-electron chi connectivity index (χ2n) is 6.28. The lowest BCUT2D eigenvalue weighted by Crippen LogP contribution is -2.37. The number of hydrazine groups is 1. The summed E-state index contributed by atoms with van der Waals surface area (Å²) in [6.45, 7) is 0. The third kappa shape index (κ3) is 3.59. The van der Waals surface area contributed by atoms with Crippen molar-refractivity contribution < 1.29 is 10.2 Å². The van der Waals surface area contributed by atoms with Gasteiger partial charge in [0.15, 0.2) is 0 Å². The van der Waals surface area contributed by atoms with Gasteiger partial charge in [-0.15, -0.1) is 0 Å². The molecule has 0 aliphatic heterocycles. The van der Waals surface area contributed by atoms with E-state index in [9.17, 15) is 19.8 Å². The molecule has 0 saturated heterocycles. The van der Waals surface area contributed by atoms with E-state index in [1.165, 1.54) is 18.2 Å². The molecular formula is C21H16N4O4. The van der Waals surface area contributed by atoms with Gasteiger partial charge in [-0.2, -0.15) is 0 Å². The highest BCUT2D eigenvalue weighted by Gasteiger charge is 2.21. The van der Waals surface area contributed by atoms with Crippen molar-refractivity contribution in [1.82, 2.24) is 4.98 Å².